The van der Waals surface area contributed by atoms with Gasteiger partial charge in [-0.15, -0.1) is 0 Å². The lowest BCUT2D eigenvalue weighted by Crippen LogP contribution is -2.75. The van der Waals surface area contributed by atoms with Crippen molar-refractivity contribution in [3.8, 4) is 11.5 Å². The van der Waals surface area contributed by atoms with E-state index in [-0.39, 0.29) is 52.3 Å². The molecule has 1 aromatic rings. The first-order valence-corrected chi connectivity index (χ1v) is 30.4. The summed E-state index contributed by atoms with van der Waals surface area (Å²) in [5.74, 6) is -2.83. The maximum atomic E-state index is 14.8. The van der Waals surface area contributed by atoms with E-state index in [1.54, 1.807) is 6.07 Å². The summed E-state index contributed by atoms with van der Waals surface area (Å²) < 4.78 is 29.7. The van der Waals surface area contributed by atoms with Gasteiger partial charge in [-0.1, -0.05) is 59.8 Å². The lowest BCUT2D eigenvalue weighted by atomic mass is 9.33. The summed E-state index contributed by atoms with van der Waals surface area (Å²) in [5.41, 5.74) is 0.397. The molecule has 6 saturated carbocycles. The van der Waals surface area contributed by atoms with Crippen molar-refractivity contribution >= 4 is 23.7 Å². The van der Waals surface area contributed by atoms with E-state index in [1.807, 2.05) is 32.9 Å². The quantitative estimate of drug-likeness (QED) is 0.118. The standard InChI is InChI=1S/C42H62O16.C21H25NO3/c1-37(2)21-8-11-42(7)31(20(43)16-18-19-17-39(4,36(53)54)13-12-38(19,3)14-15-41(18,42)6)40(21,5)10-9-22(37)55-35-30(26(47)25(46)29(57-35)33(51)52)58-34-27(48)23(44)24(45)28(56-34)32(49)50;1-12-6-7-21(24)16-10-14-4-5-15(23)18-17(14)20(21,19(12)25-18)8-9-22(16)11-13-2-3-13/h16,19,21-31,34-35,44-48H,8-15,17H2,1-7H3,(H,49,50)(H,51,52)(H,53,54);4-5,13,16,19,23-24H,1-3,6-11H2/t19-,21-,22-,23-,24-,25-,26-,27+,28-,29-,30+,31+,34-,35-,38+,39-,40-,41+,42+;16-,19+,20+,21-/m01/s1. The molecule has 2 bridgehead atoms. The first-order valence-electron chi connectivity index (χ1n) is 30.4. The highest BCUT2D eigenvalue weighted by Gasteiger charge is 2.73. The van der Waals surface area contributed by atoms with E-state index < -0.39 is 118 Å². The van der Waals surface area contributed by atoms with Crippen LogP contribution in [0, 0.1) is 56.2 Å². The molecule has 4 aliphatic heterocycles. The second-order valence-electron chi connectivity index (χ2n) is 29.5. The summed E-state index contributed by atoms with van der Waals surface area (Å²) in [6.45, 7) is 21.2. The zero-order chi connectivity index (χ0) is 59.8. The Bertz CT molecular complexity index is 2890. The molecule has 1 aromatic carbocycles. The van der Waals surface area contributed by atoms with E-state index in [0.717, 1.165) is 93.5 Å². The van der Waals surface area contributed by atoms with E-state index in [0.29, 0.717) is 31.4 Å². The van der Waals surface area contributed by atoms with Crippen molar-refractivity contribution < 1.29 is 93.9 Å². The fourth-order valence-corrected chi connectivity index (χ4v) is 19.8. The van der Waals surface area contributed by atoms with E-state index in [2.05, 4.69) is 39.2 Å². The number of rotatable bonds is 9. The summed E-state index contributed by atoms with van der Waals surface area (Å²) in [6, 6.07) is 3.96. The van der Waals surface area contributed by atoms with Crippen LogP contribution in [-0.4, -0.2) is 178 Å². The van der Waals surface area contributed by atoms with Crippen LogP contribution in [0.25, 0.3) is 0 Å². The average Bonchev–Trinajstić information content (AvgIpc) is 2.22. The number of allylic oxidation sites excluding steroid dienone is 2. The van der Waals surface area contributed by atoms with E-state index >= 15 is 0 Å². The zero-order valence-corrected chi connectivity index (χ0v) is 48.9. The van der Waals surface area contributed by atoms with Gasteiger partial charge in [-0.05, 0) is 178 Å². The number of carboxylic acids is 3. The summed E-state index contributed by atoms with van der Waals surface area (Å²) in [7, 11) is 0. The Morgan fingerprint density at radius 2 is 1.42 bits per heavy atom. The van der Waals surface area contributed by atoms with Crippen LogP contribution < -0.4 is 4.74 Å². The molecule has 23 atom stereocenters. The zero-order valence-electron chi connectivity index (χ0n) is 48.9. The van der Waals surface area contributed by atoms with Gasteiger partial charge in [0.25, 0.3) is 0 Å². The van der Waals surface area contributed by atoms with Crippen LogP contribution in [0.3, 0.4) is 0 Å². The van der Waals surface area contributed by atoms with Gasteiger partial charge in [-0.2, -0.15) is 0 Å². The second-order valence-corrected chi connectivity index (χ2v) is 29.5. The van der Waals surface area contributed by atoms with Crippen LogP contribution in [-0.2, 0) is 50.0 Å². The molecule has 83 heavy (non-hydrogen) atoms. The maximum Gasteiger partial charge on any atom is 0.335 e. The monoisotopic (exact) mass is 1160 g/mol. The Morgan fingerprint density at radius 3 is 2.08 bits per heavy atom. The fourth-order valence-electron chi connectivity index (χ4n) is 19.8. The molecule has 8 aliphatic carbocycles. The number of aliphatic hydroxyl groups excluding tert-OH is 5. The highest BCUT2D eigenvalue weighted by Crippen LogP contribution is 2.76. The van der Waals surface area contributed by atoms with Crippen molar-refractivity contribution in [2.45, 2.75) is 235 Å². The Hall–Kier alpha value is -4.06. The van der Waals surface area contributed by atoms with Gasteiger partial charge in [-0.25, -0.2) is 9.59 Å². The number of likely N-dealkylation sites (tertiary alicyclic amines) is 1. The summed E-state index contributed by atoms with van der Waals surface area (Å²) in [4.78, 5) is 53.9. The number of carbonyl (C=O) groups excluding carboxylic acids is 1. The smallest absolute Gasteiger partial charge is 0.335 e. The lowest BCUT2D eigenvalue weighted by molar-refractivity contribution is -0.371. The molecule has 13 rings (SSSR count). The number of phenolic OH excluding ortho intramolecular Hbond substituents is 1. The number of ether oxygens (including phenoxy) is 5. The van der Waals surface area contributed by atoms with Crippen LogP contribution in [0.4, 0.5) is 0 Å². The minimum Gasteiger partial charge on any atom is -0.504 e. The fraction of sp³-hybridized carbons (Fsp3) is 0.778. The molecule has 10 N–H and O–H groups in total. The van der Waals surface area contributed by atoms with Crippen LogP contribution in [0.2, 0.25) is 0 Å². The van der Waals surface area contributed by atoms with Gasteiger partial charge in [0.05, 0.1) is 22.5 Å². The Kier molecular flexibility index (Phi) is 14.1. The number of carbonyl (C=O) groups is 4. The predicted octanol–water partition coefficient (Wildman–Crippen LogP) is 4.76. The topological polar surface area (TPSA) is 320 Å². The van der Waals surface area contributed by atoms with Crippen LogP contribution in [0.1, 0.15) is 149 Å². The molecule has 20 heteroatoms. The molecule has 1 spiro atoms. The summed E-state index contributed by atoms with van der Waals surface area (Å²) in [6.07, 6.45) is -6.46. The van der Waals surface area contributed by atoms with Gasteiger partial charge < -0.3 is 74.7 Å². The van der Waals surface area contributed by atoms with Gasteiger partial charge >= 0.3 is 17.9 Å². The number of fused-ring (bicyclic) bond motifs is 7. The second kappa shape index (κ2) is 19.7. The van der Waals surface area contributed by atoms with Crippen molar-refractivity contribution in [2.75, 3.05) is 13.1 Å². The maximum absolute atomic E-state index is 14.8. The van der Waals surface area contributed by atoms with Gasteiger partial charge in [-0.3, -0.25) is 14.5 Å². The first kappa shape index (κ1) is 59.3. The largest absolute Gasteiger partial charge is 0.504 e. The molecule has 4 heterocycles. The number of hydrogen-bond acceptors (Lipinski definition) is 17. The minimum atomic E-state index is -2.05. The molecule has 0 radical (unpaired) electrons. The first-order chi connectivity index (χ1) is 38.8. The third kappa shape index (κ3) is 8.43. The highest BCUT2D eigenvalue weighted by atomic mass is 16.8. The Labute approximate surface area is 484 Å². The van der Waals surface area contributed by atoms with Gasteiger partial charge in [0.15, 0.2) is 42.1 Å². The number of hydrogen-bond donors (Lipinski definition) is 10. The van der Waals surface area contributed by atoms with E-state index in [1.165, 1.54) is 18.4 Å². The number of carboxylic acid groups (broad SMARTS) is 3. The lowest BCUT2D eigenvalue weighted by Gasteiger charge is -2.70. The molecule has 9 fully saturated rings. The molecular weight excluding hydrogens is 1070 g/mol. The predicted molar refractivity (Wildman–Crippen MR) is 293 cm³/mol. The molecule has 20 nitrogen and oxygen atoms in total. The number of aromatic hydroxyl groups is 1. The number of benzene rings is 1. The Morgan fingerprint density at radius 1 is 0.759 bits per heavy atom. The number of nitrogens with zero attached hydrogens (tertiary/aromatic N) is 1. The number of aliphatic carboxylic acids is 3. The number of aliphatic hydroxyl groups is 6. The molecule has 0 unspecified atom stereocenters. The van der Waals surface area contributed by atoms with Crippen molar-refractivity contribution in [3.05, 3.63) is 47.1 Å². The SMILES string of the molecule is C=C1CC[C@@]2(O)[C@H]3Cc4ccc(O)c5c4[C@@]2(CCN3CC2CC2)[C@H]1O5.CC1(C)[C@@H](O[C@H]2O[C@H](C(=O)O)[C@@H](O)[C@H](O)[C@H]2O[C@@H]2O[C@H](C(=O)O)[C@@H](O)[C@H](O)[C@H]2O)CC[C@]2(C)[C@H]3C(=O)C=C4[C@@H]5C[C@@](C)(C(=O)O)CC[C@]5(C)CC[C@@]4(C)[C@]3(C)CC[C@@H]12. The van der Waals surface area contributed by atoms with Gasteiger partial charge in [0.2, 0.25) is 0 Å². The van der Waals surface area contributed by atoms with E-state index in [9.17, 15) is 70.2 Å². The van der Waals surface area contributed by atoms with Gasteiger partial charge in [0.1, 0.15) is 42.7 Å². The summed E-state index contributed by atoms with van der Waals surface area (Å²) >= 11 is 0. The number of phenols is 1. The Balaban J connectivity index is 0.000000223. The van der Waals surface area contributed by atoms with E-state index in [4.69, 9.17) is 23.7 Å². The molecule has 0 amide bonds. The van der Waals surface area contributed by atoms with Gasteiger partial charge in [0, 0.05) is 24.1 Å². The molecule has 3 saturated heterocycles. The van der Waals surface area contributed by atoms with Crippen molar-refractivity contribution in [1.29, 1.82) is 0 Å². The third-order valence-electron chi connectivity index (χ3n) is 24.9. The van der Waals surface area contributed by atoms with Crippen LogP contribution in [0.15, 0.2) is 35.9 Å². The van der Waals surface area contributed by atoms with Crippen molar-refractivity contribution in [2.24, 2.45) is 56.2 Å². The average molecular weight is 1160 g/mol. The molecule has 12 aliphatic rings. The molecule has 458 valence electrons. The van der Waals surface area contributed by atoms with Crippen molar-refractivity contribution in [3.63, 3.8) is 0 Å². The van der Waals surface area contributed by atoms with Crippen LogP contribution >= 0.6 is 0 Å². The molecule has 0 aromatic heterocycles. The minimum absolute atomic E-state index is 0.0217. The molecular formula is C63H87NO19. The normalized spacial score (nSPS) is 49.2. The summed E-state index contributed by atoms with van der Waals surface area (Å²) in [5, 5.41) is 105. The van der Waals surface area contributed by atoms with Crippen molar-refractivity contribution in [1.82, 2.24) is 4.90 Å². The highest BCUT2D eigenvalue weighted by molar-refractivity contribution is 5.96. The van der Waals surface area contributed by atoms with Crippen LogP contribution in [0.5, 0.6) is 11.5 Å². The number of piperidine rings is 1. The number of ketones is 1. The third-order valence-corrected chi connectivity index (χ3v) is 24.9.